The van der Waals surface area contributed by atoms with Gasteiger partial charge in [0.25, 0.3) is 10.0 Å². The molecule has 3 rings (SSSR count). The van der Waals surface area contributed by atoms with Crippen molar-refractivity contribution in [1.29, 1.82) is 0 Å². The second-order valence-corrected chi connectivity index (χ2v) is 8.87. The molecule has 9 heteroatoms. The molecule has 1 heterocycles. The molecule has 0 aliphatic carbocycles. The lowest BCUT2D eigenvalue weighted by molar-refractivity contribution is 0.139. The number of halogens is 1. The number of sulfonamides is 1. The molecule has 0 aliphatic heterocycles. The van der Waals surface area contributed by atoms with E-state index in [4.69, 9.17) is 21.1 Å². The van der Waals surface area contributed by atoms with Crippen LogP contribution in [0.4, 0.5) is 0 Å². The minimum atomic E-state index is -3.87. The van der Waals surface area contributed by atoms with Crippen LogP contribution in [0.25, 0.3) is 10.2 Å². The van der Waals surface area contributed by atoms with Crippen LogP contribution in [0.3, 0.4) is 0 Å². The van der Waals surface area contributed by atoms with Gasteiger partial charge < -0.3 is 14.0 Å². The maximum atomic E-state index is 12.8. The molecule has 0 unspecified atom stereocenters. The summed E-state index contributed by atoms with van der Waals surface area (Å²) >= 11 is 7.16. The molecule has 0 fully saturated rings. The van der Waals surface area contributed by atoms with Crippen LogP contribution in [0, 0.1) is 0 Å². The average Bonchev–Trinajstić information content (AvgIpc) is 2.98. The van der Waals surface area contributed by atoms with E-state index in [1.165, 1.54) is 35.6 Å². The van der Waals surface area contributed by atoms with Gasteiger partial charge in [-0.25, -0.2) is 0 Å². The first-order valence-corrected chi connectivity index (χ1v) is 11.5. The van der Waals surface area contributed by atoms with E-state index in [0.29, 0.717) is 36.2 Å². The molecule has 0 aliphatic rings. The first-order valence-electron chi connectivity index (χ1n) is 8.85. The summed E-state index contributed by atoms with van der Waals surface area (Å²) in [4.78, 5) is 0.485. The summed E-state index contributed by atoms with van der Waals surface area (Å²) in [6.45, 7) is 5.94. The number of rotatable bonds is 8. The third kappa shape index (κ3) is 4.75. The van der Waals surface area contributed by atoms with Crippen LogP contribution in [-0.2, 0) is 21.3 Å². The summed E-state index contributed by atoms with van der Waals surface area (Å²) in [5, 5.41) is 0.469. The number of fused-ring (bicyclic) bond motifs is 1. The van der Waals surface area contributed by atoms with Crippen molar-refractivity contribution in [3.8, 4) is 5.75 Å². The zero-order valence-electron chi connectivity index (χ0n) is 15.6. The third-order valence-corrected chi connectivity index (χ3v) is 6.63. The SMILES string of the molecule is CCOCCn1/c(=N/S(=O)(=O)c2ccc(Cl)cc2)sc2cc(OCC)ccc21. The van der Waals surface area contributed by atoms with Crippen molar-refractivity contribution >= 4 is 43.2 Å². The standard InChI is InChI=1S/C19H21ClN2O4S2/c1-3-25-12-11-22-17-10-7-15(26-4-2)13-18(17)27-19(22)21-28(23,24)16-8-5-14(20)6-9-16/h5-10,13H,3-4,11-12H2,1-2H3/b21-19-. The summed E-state index contributed by atoms with van der Waals surface area (Å²) in [7, 11) is -3.87. The Morgan fingerprint density at radius 2 is 1.86 bits per heavy atom. The highest BCUT2D eigenvalue weighted by atomic mass is 35.5. The van der Waals surface area contributed by atoms with Crippen molar-refractivity contribution in [2.45, 2.75) is 25.3 Å². The molecule has 28 heavy (non-hydrogen) atoms. The largest absolute Gasteiger partial charge is 0.494 e. The van der Waals surface area contributed by atoms with Crippen molar-refractivity contribution in [1.82, 2.24) is 4.57 Å². The predicted octanol–water partition coefficient (Wildman–Crippen LogP) is 4.08. The number of thiazole rings is 1. The second-order valence-electron chi connectivity index (χ2n) is 5.82. The molecule has 0 amide bonds. The van der Waals surface area contributed by atoms with E-state index in [9.17, 15) is 8.42 Å². The van der Waals surface area contributed by atoms with Crippen LogP contribution in [0.1, 0.15) is 13.8 Å². The topological polar surface area (TPSA) is 69.9 Å². The quantitative estimate of drug-likeness (QED) is 0.495. The maximum absolute atomic E-state index is 12.8. The summed E-state index contributed by atoms with van der Waals surface area (Å²) < 4.78 is 43.4. The Balaban J connectivity index is 2.12. The van der Waals surface area contributed by atoms with Crippen molar-refractivity contribution in [3.63, 3.8) is 0 Å². The molecule has 0 radical (unpaired) electrons. The van der Waals surface area contributed by atoms with Gasteiger partial charge in [-0.2, -0.15) is 8.42 Å². The van der Waals surface area contributed by atoms with Gasteiger partial charge in [0.1, 0.15) is 5.75 Å². The van der Waals surface area contributed by atoms with Gasteiger partial charge in [-0.05, 0) is 56.3 Å². The van der Waals surface area contributed by atoms with Gasteiger partial charge in [0.15, 0.2) is 0 Å². The van der Waals surface area contributed by atoms with Crippen LogP contribution < -0.4 is 9.54 Å². The summed E-state index contributed by atoms with van der Waals surface area (Å²) in [5.74, 6) is 0.736. The molecular formula is C19H21ClN2O4S2. The Labute approximate surface area is 173 Å². The highest BCUT2D eigenvalue weighted by molar-refractivity contribution is 7.90. The van der Waals surface area contributed by atoms with Crippen molar-refractivity contribution in [2.75, 3.05) is 19.8 Å². The normalized spacial score (nSPS) is 12.6. The first kappa shape index (κ1) is 20.9. The van der Waals surface area contributed by atoms with Crippen LogP contribution in [0.15, 0.2) is 51.8 Å². The fourth-order valence-electron chi connectivity index (χ4n) is 2.66. The van der Waals surface area contributed by atoms with E-state index < -0.39 is 10.0 Å². The van der Waals surface area contributed by atoms with E-state index in [0.717, 1.165) is 16.0 Å². The summed E-state index contributed by atoms with van der Waals surface area (Å²) in [5.41, 5.74) is 0.887. The number of hydrogen-bond acceptors (Lipinski definition) is 5. The predicted molar refractivity (Wildman–Crippen MR) is 112 cm³/mol. The average molecular weight is 441 g/mol. The van der Waals surface area contributed by atoms with Gasteiger partial charge in [0, 0.05) is 18.2 Å². The van der Waals surface area contributed by atoms with Gasteiger partial charge in [-0.1, -0.05) is 22.9 Å². The van der Waals surface area contributed by atoms with Gasteiger partial charge in [-0.3, -0.25) is 0 Å². The Morgan fingerprint density at radius 3 is 2.54 bits per heavy atom. The molecule has 0 atom stereocenters. The lowest BCUT2D eigenvalue weighted by atomic mass is 10.3. The molecule has 150 valence electrons. The Hall–Kier alpha value is -1.87. The van der Waals surface area contributed by atoms with Crippen molar-refractivity contribution in [2.24, 2.45) is 4.40 Å². The number of nitrogens with zero attached hydrogens (tertiary/aromatic N) is 2. The smallest absolute Gasteiger partial charge is 0.285 e. The van der Waals surface area contributed by atoms with Crippen molar-refractivity contribution in [3.05, 3.63) is 52.3 Å². The summed E-state index contributed by atoms with van der Waals surface area (Å²) in [6, 6.07) is 11.6. The van der Waals surface area contributed by atoms with Gasteiger partial charge in [0.05, 0.1) is 28.3 Å². The zero-order valence-corrected chi connectivity index (χ0v) is 18.0. The Kier molecular flexibility index (Phi) is 6.77. The van der Waals surface area contributed by atoms with E-state index >= 15 is 0 Å². The van der Waals surface area contributed by atoms with E-state index in [2.05, 4.69) is 4.40 Å². The fraction of sp³-hybridized carbons (Fsp3) is 0.316. The summed E-state index contributed by atoms with van der Waals surface area (Å²) in [6.07, 6.45) is 0. The van der Waals surface area contributed by atoms with Crippen LogP contribution in [0.2, 0.25) is 5.02 Å². The zero-order chi connectivity index (χ0) is 20.1. The number of aromatic nitrogens is 1. The Bertz CT molecular complexity index is 1120. The molecule has 3 aromatic rings. The van der Waals surface area contributed by atoms with Gasteiger partial charge in [-0.15, -0.1) is 4.40 Å². The third-order valence-electron chi connectivity index (χ3n) is 3.94. The van der Waals surface area contributed by atoms with E-state index in [1.54, 1.807) is 0 Å². The molecular weight excluding hydrogens is 420 g/mol. The van der Waals surface area contributed by atoms with E-state index in [-0.39, 0.29) is 4.90 Å². The molecule has 0 bridgehead atoms. The van der Waals surface area contributed by atoms with Gasteiger partial charge >= 0.3 is 0 Å². The number of ether oxygens (including phenoxy) is 2. The molecule has 2 aromatic carbocycles. The lowest BCUT2D eigenvalue weighted by Gasteiger charge is -2.07. The fourth-order valence-corrected chi connectivity index (χ4v) is 5.07. The number of benzene rings is 2. The second kappa shape index (κ2) is 9.09. The molecule has 0 saturated carbocycles. The molecule has 1 aromatic heterocycles. The monoisotopic (exact) mass is 440 g/mol. The minimum absolute atomic E-state index is 0.0979. The molecule has 6 nitrogen and oxygen atoms in total. The molecule has 0 spiro atoms. The highest BCUT2D eigenvalue weighted by Gasteiger charge is 2.15. The van der Waals surface area contributed by atoms with Crippen LogP contribution in [0.5, 0.6) is 5.75 Å². The maximum Gasteiger partial charge on any atom is 0.285 e. The Morgan fingerprint density at radius 1 is 1.11 bits per heavy atom. The molecule has 0 N–H and O–H groups in total. The first-order chi connectivity index (χ1) is 13.4. The van der Waals surface area contributed by atoms with Crippen LogP contribution in [-0.4, -0.2) is 32.8 Å². The van der Waals surface area contributed by atoms with E-state index in [1.807, 2.05) is 36.6 Å². The van der Waals surface area contributed by atoms with Gasteiger partial charge in [0.2, 0.25) is 4.80 Å². The lowest BCUT2D eigenvalue weighted by Crippen LogP contribution is -2.19. The number of hydrogen-bond donors (Lipinski definition) is 0. The van der Waals surface area contributed by atoms with Crippen LogP contribution >= 0.6 is 22.9 Å². The minimum Gasteiger partial charge on any atom is -0.494 e. The highest BCUT2D eigenvalue weighted by Crippen LogP contribution is 2.24. The molecule has 0 saturated heterocycles. The van der Waals surface area contributed by atoms with Crippen molar-refractivity contribution < 1.29 is 17.9 Å².